The molecule has 0 aliphatic heterocycles. The van der Waals surface area contributed by atoms with Crippen LogP contribution in [-0.2, 0) is 6.54 Å². The van der Waals surface area contributed by atoms with E-state index in [1.165, 1.54) is 0 Å². The number of aromatic nitrogens is 2. The Labute approximate surface area is 94.9 Å². The zero-order valence-electron chi connectivity index (χ0n) is 9.12. The molecule has 1 aromatic rings. The van der Waals surface area contributed by atoms with Gasteiger partial charge in [-0.05, 0) is 19.1 Å². The minimum Gasteiger partial charge on any atom is -0.396 e. The summed E-state index contributed by atoms with van der Waals surface area (Å²) in [6.45, 7) is 4.14. The molecule has 5 heteroatoms. The number of nitrogens with one attached hydrogen (secondary N) is 2. The lowest BCUT2D eigenvalue weighted by atomic mass is 10.3. The summed E-state index contributed by atoms with van der Waals surface area (Å²) in [5.74, 6) is 2.13. The number of aliphatic hydroxyl groups is 1. The van der Waals surface area contributed by atoms with Gasteiger partial charge in [0.05, 0.1) is 12.0 Å². The summed E-state index contributed by atoms with van der Waals surface area (Å²) in [6, 6.07) is 0. The highest BCUT2D eigenvalue weighted by molar-refractivity contribution is 7.99. The van der Waals surface area contributed by atoms with Crippen LogP contribution in [0.15, 0.2) is 6.33 Å². The van der Waals surface area contributed by atoms with E-state index in [-0.39, 0.29) is 0 Å². The molecule has 1 aromatic heterocycles. The molecular weight excluding hydrogens is 210 g/mol. The lowest BCUT2D eigenvalue weighted by Gasteiger charge is -2.03. The van der Waals surface area contributed by atoms with E-state index in [4.69, 9.17) is 5.11 Å². The maximum Gasteiger partial charge on any atom is 0.0925 e. The van der Waals surface area contributed by atoms with E-state index in [1.807, 2.05) is 18.7 Å². The van der Waals surface area contributed by atoms with Crippen LogP contribution < -0.4 is 5.32 Å². The van der Waals surface area contributed by atoms with Crippen LogP contribution in [0.1, 0.15) is 17.8 Å². The van der Waals surface area contributed by atoms with Crippen molar-refractivity contribution in [3.05, 3.63) is 17.7 Å². The third kappa shape index (κ3) is 5.20. The van der Waals surface area contributed by atoms with Crippen molar-refractivity contribution in [1.82, 2.24) is 15.3 Å². The minimum atomic E-state index is 0.299. The van der Waals surface area contributed by atoms with Gasteiger partial charge in [0.25, 0.3) is 0 Å². The van der Waals surface area contributed by atoms with Crippen LogP contribution in [0, 0.1) is 6.92 Å². The lowest BCUT2D eigenvalue weighted by Crippen LogP contribution is -2.17. The molecule has 0 aromatic carbocycles. The van der Waals surface area contributed by atoms with E-state index in [2.05, 4.69) is 15.3 Å². The average molecular weight is 229 g/mol. The Morgan fingerprint density at radius 3 is 3.07 bits per heavy atom. The van der Waals surface area contributed by atoms with Crippen LogP contribution in [0.4, 0.5) is 0 Å². The predicted octanol–water partition coefficient (Wildman–Crippen LogP) is 0.923. The van der Waals surface area contributed by atoms with Crippen LogP contribution in [0.2, 0.25) is 0 Å². The van der Waals surface area contributed by atoms with Crippen molar-refractivity contribution < 1.29 is 5.11 Å². The van der Waals surface area contributed by atoms with Gasteiger partial charge in [-0.3, -0.25) is 0 Å². The van der Waals surface area contributed by atoms with Crippen LogP contribution in [-0.4, -0.2) is 39.7 Å². The molecule has 0 saturated carbocycles. The second kappa shape index (κ2) is 7.73. The van der Waals surface area contributed by atoms with Gasteiger partial charge in [0, 0.05) is 31.1 Å². The molecule has 0 spiro atoms. The molecule has 1 rings (SSSR count). The number of hydrogen-bond acceptors (Lipinski definition) is 4. The molecule has 0 aliphatic rings. The topological polar surface area (TPSA) is 60.9 Å². The summed E-state index contributed by atoms with van der Waals surface area (Å²) < 4.78 is 0. The molecule has 0 saturated heterocycles. The van der Waals surface area contributed by atoms with Crippen molar-refractivity contribution in [1.29, 1.82) is 0 Å². The zero-order chi connectivity index (χ0) is 10.9. The summed E-state index contributed by atoms with van der Waals surface area (Å²) in [5, 5.41) is 11.9. The summed E-state index contributed by atoms with van der Waals surface area (Å²) in [4.78, 5) is 7.26. The summed E-state index contributed by atoms with van der Waals surface area (Å²) >= 11 is 1.87. The van der Waals surface area contributed by atoms with Crippen molar-refractivity contribution >= 4 is 11.8 Å². The van der Waals surface area contributed by atoms with Gasteiger partial charge in [-0.1, -0.05) is 0 Å². The van der Waals surface area contributed by atoms with Crippen molar-refractivity contribution in [2.45, 2.75) is 19.9 Å². The number of aliphatic hydroxyl groups excluding tert-OH is 1. The first-order chi connectivity index (χ1) is 7.34. The lowest BCUT2D eigenvalue weighted by molar-refractivity contribution is 0.296. The maximum atomic E-state index is 8.58. The van der Waals surface area contributed by atoms with Crippen LogP contribution in [0.5, 0.6) is 0 Å². The molecule has 0 aliphatic carbocycles. The molecule has 86 valence electrons. The SMILES string of the molecule is Cc1[nH]cnc1CNCCSCCCO. The first-order valence-electron chi connectivity index (χ1n) is 5.22. The highest BCUT2D eigenvalue weighted by Crippen LogP contribution is 2.01. The second-order valence-corrected chi connectivity index (χ2v) is 4.57. The van der Waals surface area contributed by atoms with Crippen molar-refractivity contribution in [2.75, 3.05) is 24.7 Å². The Morgan fingerprint density at radius 2 is 2.40 bits per heavy atom. The predicted molar refractivity (Wildman–Crippen MR) is 64.1 cm³/mol. The van der Waals surface area contributed by atoms with Gasteiger partial charge in [-0.25, -0.2) is 4.98 Å². The third-order valence-corrected chi connectivity index (χ3v) is 3.17. The second-order valence-electron chi connectivity index (χ2n) is 3.34. The monoisotopic (exact) mass is 229 g/mol. The van der Waals surface area contributed by atoms with E-state index < -0.39 is 0 Å². The van der Waals surface area contributed by atoms with Gasteiger partial charge in [-0.15, -0.1) is 0 Å². The van der Waals surface area contributed by atoms with Crippen molar-refractivity contribution in [2.24, 2.45) is 0 Å². The molecule has 0 radical (unpaired) electrons. The Balaban J connectivity index is 1.96. The Bertz CT molecular complexity index is 265. The van der Waals surface area contributed by atoms with E-state index in [1.54, 1.807) is 6.33 Å². The third-order valence-electron chi connectivity index (χ3n) is 2.10. The Hall–Kier alpha value is -0.520. The van der Waals surface area contributed by atoms with Gasteiger partial charge in [0.2, 0.25) is 0 Å². The van der Waals surface area contributed by atoms with Crippen LogP contribution in [0.25, 0.3) is 0 Å². The van der Waals surface area contributed by atoms with Crippen molar-refractivity contribution in [3.8, 4) is 0 Å². The first-order valence-corrected chi connectivity index (χ1v) is 6.38. The number of thioether (sulfide) groups is 1. The van der Waals surface area contributed by atoms with Gasteiger partial charge in [-0.2, -0.15) is 11.8 Å². The molecular formula is C10H19N3OS. The molecule has 0 unspecified atom stereocenters. The number of imidazole rings is 1. The highest BCUT2D eigenvalue weighted by Gasteiger charge is 1.98. The quantitative estimate of drug-likeness (QED) is 0.580. The molecule has 0 atom stereocenters. The highest BCUT2D eigenvalue weighted by atomic mass is 32.2. The Morgan fingerprint density at radius 1 is 1.53 bits per heavy atom. The zero-order valence-corrected chi connectivity index (χ0v) is 9.94. The van der Waals surface area contributed by atoms with E-state index in [0.29, 0.717) is 6.61 Å². The molecule has 1 heterocycles. The van der Waals surface area contributed by atoms with E-state index in [9.17, 15) is 0 Å². The fraction of sp³-hybridized carbons (Fsp3) is 0.700. The molecule has 0 bridgehead atoms. The fourth-order valence-corrected chi connectivity index (χ4v) is 2.01. The number of aromatic amines is 1. The van der Waals surface area contributed by atoms with Gasteiger partial charge < -0.3 is 15.4 Å². The van der Waals surface area contributed by atoms with Crippen LogP contribution >= 0.6 is 11.8 Å². The molecule has 4 nitrogen and oxygen atoms in total. The summed E-state index contributed by atoms with van der Waals surface area (Å²) in [7, 11) is 0. The Kier molecular flexibility index (Phi) is 6.47. The smallest absolute Gasteiger partial charge is 0.0925 e. The fourth-order valence-electron chi connectivity index (χ4n) is 1.19. The van der Waals surface area contributed by atoms with Gasteiger partial charge in [0.15, 0.2) is 0 Å². The first kappa shape index (κ1) is 12.5. The average Bonchev–Trinajstić information content (AvgIpc) is 2.63. The molecule has 0 fully saturated rings. The number of hydrogen-bond donors (Lipinski definition) is 3. The summed E-state index contributed by atoms with van der Waals surface area (Å²) in [6.07, 6.45) is 2.62. The van der Waals surface area contributed by atoms with E-state index >= 15 is 0 Å². The number of aryl methyl sites for hydroxylation is 1. The number of nitrogens with zero attached hydrogens (tertiary/aromatic N) is 1. The normalized spacial score (nSPS) is 10.8. The number of H-pyrrole nitrogens is 1. The van der Waals surface area contributed by atoms with Gasteiger partial charge in [0.1, 0.15) is 0 Å². The molecule has 15 heavy (non-hydrogen) atoms. The number of rotatable bonds is 8. The largest absolute Gasteiger partial charge is 0.396 e. The maximum absolute atomic E-state index is 8.58. The minimum absolute atomic E-state index is 0.299. The summed E-state index contributed by atoms with van der Waals surface area (Å²) in [5.41, 5.74) is 2.23. The van der Waals surface area contributed by atoms with E-state index in [0.717, 1.165) is 42.4 Å². The van der Waals surface area contributed by atoms with Crippen molar-refractivity contribution in [3.63, 3.8) is 0 Å². The molecule has 3 N–H and O–H groups in total. The standard InChI is InChI=1S/C10H19N3OS/c1-9-10(13-8-12-9)7-11-3-6-15-5-2-4-14/h8,11,14H,2-7H2,1H3,(H,12,13). The van der Waals surface area contributed by atoms with Crippen LogP contribution in [0.3, 0.4) is 0 Å². The molecule has 0 amide bonds. The van der Waals surface area contributed by atoms with Gasteiger partial charge >= 0.3 is 0 Å².